The molecule has 1 aromatic rings. The number of aliphatic hydroxyl groups is 1. The Labute approximate surface area is 93.9 Å². The molecule has 1 aromatic heterocycles. The van der Waals surface area contributed by atoms with Crippen molar-refractivity contribution in [1.82, 2.24) is 15.1 Å². The predicted molar refractivity (Wildman–Crippen MR) is 57.9 cm³/mol. The standard InChI is InChI=1S/C10H17N3O3/c14-5-4-13-8-9(7-12-13)6-11-3-1-2-10(15)16/h7-8,11,14H,1-6H2,(H,15,16). The maximum atomic E-state index is 10.2. The molecule has 0 aliphatic rings. The van der Waals surface area contributed by atoms with E-state index in [4.69, 9.17) is 10.2 Å². The zero-order valence-corrected chi connectivity index (χ0v) is 9.09. The number of aliphatic hydroxyl groups excluding tert-OH is 1. The number of aliphatic carboxylic acids is 1. The van der Waals surface area contributed by atoms with Gasteiger partial charge in [-0.3, -0.25) is 9.48 Å². The fourth-order valence-electron chi connectivity index (χ4n) is 1.32. The number of hydrogen-bond acceptors (Lipinski definition) is 4. The molecule has 0 amide bonds. The summed E-state index contributed by atoms with van der Waals surface area (Å²) in [4.78, 5) is 10.2. The third-order valence-corrected chi connectivity index (χ3v) is 2.09. The Bertz CT molecular complexity index is 325. The molecule has 0 aliphatic heterocycles. The van der Waals surface area contributed by atoms with E-state index in [1.165, 1.54) is 0 Å². The van der Waals surface area contributed by atoms with Crippen LogP contribution in [0.4, 0.5) is 0 Å². The Morgan fingerprint density at radius 3 is 3.06 bits per heavy atom. The first-order chi connectivity index (χ1) is 7.72. The lowest BCUT2D eigenvalue weighted by molar-refractivity contribution is -0.137. The summed E-state index contributed by atoms with van der Waals surface area (Å²) in [5.41, 5.74) is 1.03. The molecule has 0 saturated heterocycles. The van der Waals surface area contributed by atoms with Crippen LogP contribution in [0, 0.1) is 0 Å². The molecule has 0 saturated carbocycles. The number of nitrogens with one attached hydrogen (secondary N) is 1. The van der Waals surface area contributed by atoms with Gasteiger partial charge in [-0.1, -0.05) is 0 Å². The fourth-order valence-corrected chi connectivity index (χ4v) is 1.32. The first-order valence-electron chi connectivity index (χ1n) is 5.27. The minimum Gasteiger partial charge on any atom is -0.481 e. The lowest BCUT2D eigenvalue weighted by atomic mass is 10.3. The van der Waals surface area contributed by atoms with Crippen molar-refractivity contribution in [2.24, 2.45) is 0 Å². The topological polar surface area (TPSA) is 87.4 Å². The fraction of sp³-hybridized carbons (Fsp3) is 0.600. The van der Waals surface area contributed by atoms with Crippen LogP contribution < -0.4 is 5.32 Å². The lowest BCUT2D eigenvalue weighted by Crippen LogP contribution is -2.15. The molecule has 0 aromatic carbocycles. The molecule has 0 bridgehead atoms. The van der Waals surface area contributed by atoms with Crippen molar-refractivity contribution in [2.45, 2.75) is 25.9 Å². The number of aromatic nitrogens is 2. The van der Waals surface area contributed by atoms with Gasteiger partial charge in [0, 0.05) is 24.7 Å². The van der Waals surface area contributed by atoms with Crippen LogP contribution in [0.1, 0.15) is 18.4 Å². The number of rotatable bonds is 8. The summed E-state index contributed by atoms with van der Waals surface area (Å²) < 4.78 is 1.67. The molecule has 0 spiro atoms. The van der Waals surface area contributed by atoms with Crippen molar-refractivity contribution in [2.75, 3.05) is 13.2 Å². The van der Waals surface area contributed by atoms with Crippen molar-refractivity contribution in [1.29, 1.82) is 0 Å². The highest BCUT2D eigenvalue weighted by molar-refractivity contribution is 5.66. The molecule has 6 nitrogen and oxygen atoms in total. The molecule has 6 heteroatoms. The molecule has 0 aliphatic carbocycles. The highest BCUT2D eigenvalue weighted by Gasteiger charge is 1.99. The van der Waals surface area contributed by atoms with E-state index in [2.05, 4.69) is 10.4 Å². The summed E-state index contributed by atoms with van der Waals surface area (Å²) in [7, 11) is 0. The molecule has 0 fully saturated rings. The summed E-state index contributed by atoms with van der Waals surface area (Å²) in [5, 5.41) is 24.3. The normalized spacial score (nSPS) is 10.6. The van der Waals surface area contributed by atoms with Crippen molar-refractivity contribution >= 4 is 5.97 Å². The average Bonchev–Trinajstić information content (AvgIpc) is 2.65. The van der Waals surface area contributed by atoms with Gasteiger partial charge in [0.1, 0.15) is 0 Å². The molecule has 16 heavy (non-hydrogen) atoms. The summed E-state index contributed by atoms with van der Waals surface area (Å²) in [5.74, 6) is -0.766. The van der Waals surface area contributed by atoms with E-state index in [0.717, 1.165) is 5.56 Å². The Morgan fingerprint density at radius 1 is 1.56 bits per heavy atom. The average molecular weight is 227 g/mol. The molecular formula is C10H17N3O3. The minimum atomic E-state index is -0.766. The van der Waals surface area contributed by atoms with E-state index in [9.17, 15) is 4.79 Å². The Kier molecular flexibility index (Phi) is 5.52. The second-order valence-corrected chi connectivity index (χ2v) is 3.51. The zero-order chi connectivity index (χ0) is 11.8. The second kappa shape index (κ2) is 6.97. The van der Waals surface area contributed by atoms with Gasteiger partial charge in [0.25, 0.3) is 0 Å². The van der Waals surface area contributed by atoms with Crippen LogP contribution in [0.2, 0.25) is 0 Å². The SMILES string of the molecule is O=C(O)CCCNCc1cnn(CCO)c1. The van der Waals surface area contributed by atoms with Gasteiger partial charge in [-0.05, 0) is 13.0 Å². The number of carboxylic acids is 1. The summed E-state index contributed by atoms with van der Waals surface area (Å²) in [6.07, 6.45) is 4.41. The Morgan fingerprint density at radius 2 is 2.38 bits per heavy atom. The van der Waals surface area contributed by atoms with E-state index in [1.54, 1.807) is 10.9 Å². The minimum absolute atomic E-state index is 0.0765. The molecule has 0 unspecified atom stereocenters. The third-order valence-electron chi connectivity index (χ3n) is 2.09. The summed E-state index contributed by atoms with van der Waals surface area (Å²) in [6, 6.07) is 0. The number of carboxylic acid groups (broad SMARTS) is 1. The van der Waals surface area contributed by atoms with Gasteiger partial charge in [-0.15, -0.1) is 0 Å². The van der Waals surface area contributed by atoms with Gasteiger partial charge >= 0.3 is 5.97 Å². The van der Waals surface area contributed by atoms with Crippen LogP contribution in [0.25, 0.3) is 0 Å². The molecule has 0 radical (unpaired) electrons. The first-order valence-corrected chi connectivity index (χ1v) is 5.27. The van der Waals surface area contributed by atoms with Gasteiger partial charge in [0.05, 0.1) is 19.3 Å². The number of hydrogen-bond donors (Lipinski definition) is 3. The van der Waals surface area contributed by atoms with Crippen molar-refractivity contribution in [3.8, 4) is 0 Å². The van der Waals surface area contributed by atoms with Gasteiger partial charge in [-0.2, -0.15) is 5.10 Å². The molecule has 0 atom stereocenters. The van der Waals surface area contributed by atoms with Gasteiger partial charge in [0.2, 0.25) is 0 Å². The lowest BCUT2D eigenvalue weighted by Gasteiger charge is -2.00. The monoisotopic (exact) mass is 227 g/mol. The number of nitrogens with zero attached hydrogens (tertiary/aromatic N) is 2. The zero-order valence-electron chi connectivity index (χ0n) is 9.09. The van der Waals surface area contributed by atoms with Gasteiger partial charge in [0.15, 0.2) is 0 Å². The van der Waals surface area contributed by atoms with E-state index >= 15 is 0 Å². The summed E-state index contributed by atoms with van der Waals surface area (Å²) in [6.45, 7) is 1.93. The molecule has 1 rings (SSSR count). The summed E-state index contributed by atoms with van der Waals surface area (Å²) >= 11 is 0. The van der Waals surface area contributed by atoms with Crippen LogP contribution in [-0.4, -0.2) is 39.1 Å². The van der Waals surface area contributed by atoms with Crippen LogP contribution in [0.15, 0.2) is 12.4 Å². The van der Waals surface area contributed by atoms with Gasteiger partial charge < -0.3 is 15.5 Å². The Balaban J connectivity index is 2.14. The van der Waals surface area contributed by atoms with Crippen molar-refractivity contribution in [3.63, 3.8) is 0 Å². The Hall–Kier alpha value is -1.40. The van der Waals surface area contributed by atoms with E-state index in [1.807, 2.05) is 6.20 Å². The van der Waals surface area contributed by atoms with Crippen LogP contribution in [0.5, 0.6) is 0 Å². The first kappa shape index (κ1) is 12.7. The van der Waals surface area contributed by atoms with Crippen LogP contribution in [-0.2, 0) is 17.9 Å². The van der Waals surface area contributed by atoms with E-state index < -0.39 is 5.97 Å². The quantitative estimate of drug-likeness (QED) is 0.537. The predicted octanol–water partition coefficient (Wildman–Crippen LogP) is -0.170. The third kappa shape index (κ3) is 4.90. The largest absolute Gasteiger partial charge is 0.481 e. The van der Waals surface area contributed by atoms with Crippen molar-refractivity contribution < 1.29 is 15.0 Å². The molecular weight excluding hydrogens is 210 g/mol. The van der Waals surface area contributed by atoms with Gasteiger partial charge in [-0.25, -0.2) is 0 Å². The van der Waals surface area contributed by atoms with E-state index in [0.29, 0.717) is 26.1 Å². The highest BCUT2D eigenvalue weighted by Crippen LogP contribution is 1.97. The number of carbonyl (C=O) groups is 1. The van der Waals surface area contributed by atoms with Crippen LogP contribution >= 0.6 is 0 Å². The molecule has 90 valence electrons. The highest BCUT2D eigenvalue weighted by atomic mass is 16.4. The molecule has 1 heterocycles. The maximum absolute atomic E-state index is 10.2. The van der Waals surface area contributed by atoms with Crippen molar-refractivity contribution in [3.05, 3.63) is 18.0 Å². The molecule has 3 N–H and O–H groups in total. The van der Waals surface area contributed by atoms with E-state index in [-0.39, 0.29) is 13.0 Å². The van der Waals surface area contributed by atoms with Crippen LogP contribution in [0.3, 0.4) is 0 Å². The maximum Gasteiger partial charge on any atom is 0.303 e. The smallest absolute Gasteiger partial charge is 0.303 e. The second-order valence-electron chi connectivity index (χ2n) is 3.51.